The molecule has 2 heteroatoms. The second-order valence-corrected chi connectivity index (χ2v) is 10.2. The lowest BCUT2D eigenvalue weighted by atomic mass is 9.67. The summed E-state index contributed by atoms with van der Waals surface area (Å²) in [4.78, 5) is 0. The van der Waals surface area contributed by atoms with Crippen molar-refractivity contribution in [2.75, 3.05) is 5.32 Å². The molecule has 0 amide bonds. The first kappa shape index (κ1) is 22.0. The van der Waals surface area contributed by atoms with Gasteiger partial charge in [0.15, 0.2) is 0 Å². The highest BCUT2D eigenvalue weighted by Gasteiger charge is 2.45. The van der Waals surface area contributed by atoms with Crippen LogP contribution in [-0.2, 0) is 5.41 Å². The molecule has 1 aromatic heterocycles. The Hall–Kier alpha value is -5.08. The Morgan fingerprint density at radius 1 is 0.436 bits per heavy atom. The van der Waals surface area contributed by atoms with Gasteiger partial charge >= 0.3 is 0 Å². The van der Waals surface area contributed by atoms with Gasteiger partial charge in [-0.1, -0.05) is 109 Å². The fraction of sp³-hybridized carbons (Fsp3) is 0.0270. The van der Waals surface area contributed by atoms with Gasteiger partial charge in [-0.3, -0.25) is 0 Å². The quantitative estimate of drug-likeness (QED) is 0.261. The highest BCUT2D eigenvalue weighted by atomic mass is 16.3. The number of fused-ring (bicyclic) bond motifs is 6. The Bertz CT molecular complexity index is 1950. The number of rotatable bonds is 4. The van der Waals surface area contributed by atoms with Crippen molar-refractivity contribution in [1.82, 2.24) is 0 Å². The Labute approximate surface area is 227 Å². The van der Waals surface area contributed by atoms with Gasteiger partial charge in [0, 0.05) is 28.2 Å². The molecule has 8 rings (SSSR count). The minimum atomic E-state index is -0.408. The number of anilines is 2. The third kappa shape index (κ3) is 3.22. The van der Waals surface area contributed by atoms with Gasteiger partial charge in [0.1, 0.15) is 11.2 Å². The maximum absolute atomic E-state index is 6.16. The van der Waals surface area contributed by atoms with Crippen LogP contribution in [0.1, 0.15) is 22.3 Å². The van der Waals surface area contributed by atoms with E-state index in [0.29, 0.717) is 0 Å². The first-order chi connectivity index (χ1) is 19.3. The van der Waals surface area contributed by atoms with E-state index in [2.05, 4.69) is 139 Å². The van der Waals surface area contributed by atoms with Crippen molar-refractivity contribution in [3.05, 3.63) is 168 Å². The van der Waals surface area contributed by atoms with Crippen LogP contribution in [0.25, 0.3) is 33.1 Å². The average molecular weight is 500 g/mol. The molecular weight excluding hydrogens is 474 g/mol. The van der Waals surface area contributed by atoms with E-state index >= 15 is 0 Å². The van der Waals surface area contributed by atoms with Crippen LogP contribution in [-0.4, -0.2) is 0 Å². The summed E-state index contributed by atoms with van der Waals surface area (Å²) in [6.07, 6.45) is 0. The van der Waals surface area contributed by atoms with Gasteiger partial charge in [-0.25, -0.2) is 0 Å². The molecule has 0 bridgehead atoms. The van der Waals surface area contributed by atoms with Crippen molar-refractivity contribution in [2.24, 2.45) is 0 Å². The largest absolute Gasteiger partial charge is 0.456 e. The van der Waals surface area contributed by atoms with Crippen LogP contribution < -0.4 is 5.32 Å². The van der Waals surface area contributed by atoms with Crippen LogP contribution in [0.3, 0.4) is 0 Å². The SMILES string of the molecule is c1ccc(C2(c3ccccc3)c3ccccc3-c3ccc(Nc4ccc5c(c4)oc4ccccc45)cc32)cc1. The topological polar surface area (TPSA) is 25.2 Å². The van der Waals surface area contributed by atoms with Crippen LogP contribution in [0.15, 0.2) is 150 Å². The molecule has 0 saturated heterocycles. The smallest absolute Gasteiger partial charge is 0.137 e. The summed E-state index contributed by atoms with van der Waals surface area (Å²) in [7, 11) is 0. The number of benzene rings is 6. The van der Waals surface area contributed by atoms with Crippen molar-refractivity contribution in [3.8, 4) is 11.1 Å². The third-order valence-corrected chi connectivity index (χ3v) is 8.13. The van der Waals surface area contributed by atoms with Gasteiger partial charge in [-0.05, 0) is 63.7 Å². The van der Waals surface area contributed by atoms with Crippen molar-refractivity contribution in [1.29, 1.82) is 0 Å². The third-order valence-electron chi connectivity index (χ3n) is 8.13. The van der Waals surface area contributed by atoms with Crippen molar-refractivity contribution in [2.45, 2.75) is 5.41 Å². The van der Waals surface area contributed by atoms with E-state index in [1.807, 2.05) is 12.1 Å². The second-order valence-electron chi connectivity index (χ2n) is 10.2. The Morgan fingerprint density at radius 3 is 1.82 bits per heavy atom. The highest BCUT2D eigenvalue weighted by molar-refractivity contribution is 6.05. The average Bonchev–Trinajstić information content (AvgIpc) is 3.51. The van der Waals surface area contributed by atoms with Gasteiger partial charge in [0.2, 0.25) is 0 Å². The molecule has 1 aliphatic rings. The molecule has 0 atom stereocenters. The summed E-state index contributed by atoms with van der Waals surface area (Å²) < 4.78 is 6.16. The molecule has 1 N–H and O–H groups in total. The van der Waals surface area contributed by atoms with Gasteiger partial charge in [-0.15, -0.1) is 0 Å². The standard InChI is InChI=1S/C37H25NO/c1-3-11-25(12-4-1)37(26-13-5-2-6-14-26)33-17-9-7-15-29(33)30-21-19-27(23-34(30)37)38-28-20-22-32-31-16-8-10-18-35(31)39-36(32)24-28/h1-24,38H. The van der Waals surface area contributed by atoms with Gasteiger partial charge in [-0.2, -0.15) is 0 Å². The summed E-state index contributed by atoms with van der Waals surface area (Å²) in [6.45, 7) is 0. The molecule has 7 aromatic rings. The van der Waals surface area contributed by atoms with Crippen LogP contribution in [0, 0.1) is 0 Å². The number of para-hydroxylation sites is 1. The highest BCUT2D eigenvalue weighted by Crippen LogP contribution is 2.56. The van der Waals surface area contributed by atoms with Crippen molar-refractivity contribution >= 4 is 33.3 Å². The molecule has 2 nitrogen and oxygen atoms in total. The predicted octanol–water partition coefficient (Wildman–Crippen LogP) is 9.69. The Kier molecular flexibility index (Phi) is 4.77. The van der Waals surface area contributed by atoms with Crippen LogP contribution in [0.5, 0.6) is 0 Å². The first-order valence-electron chi connectivity index (χ1n) is 13.4. The monoisotopic (exact) mass is 499 g/mol. The zero-order valence-electron chi connectivity index (χ0n) is 21.3. The van der Waals surface area contributed by atoms with E-state index < -0.39 is 5.41 Å². The van der Waals surface area contributed by atoms with Crippen molar-refractivity contribution < 1.29 is 4.42 Å². The number of hydrogen-bond donors (Lipinski definition) is 1. The first-order valence-corrected chi connectivity index (χ1v) is 13.4. The van der Waals surface area contributed by atoms with Gasteiger partial charge in [0.05, 0.1) is 5.41 Å². The molecule has 0 aliphatic heterocycles. The van der Waals surface area contributed by atoms with E-state index in [1.165, 1.54) is 33.4 Å². The van der Waals surface area contributed by atoms with E-state index in [9.17, 15) is 0 Å². The lowest BCUT2D eigenvalue weighted by molar-refractivity contribution is 0.669. The molecule has 0 radical (unpaired) electrons. The van der Waals surface area contributed by atoms with E-state index in [1.54, 1.807) is 0 Å². The zero-order chi connectivity index (χ0) is 25.8. The lowest BCUT2D eigenvalue weighted by Gasteiger charge is -2.34. The van der Waals surface area contributed by atoms with Crippen molar-refractivity contribution in [3.63, 3.8) is 0 Å². The summed E-state index contributed by atoms with van der Waals surface area (Å²) >= 11 is 0. The van der Waals surface area contributed by atoms with Crippen LogP contribution in [0.4, 0.5) is 11.4 Å². The second kappa shape index (κ2) is 8.47. The normalized spacial score (nSPS) is 13.3. The molecule has 1 heterocycles. The van der Waals surface area contributed by atoms with Gasteiger partial charge < -0.3 is 9.73 Å². The molecule has 184 valence electrons. The molecule has 0 fully saturated rings. The minimum absolute atomic E-state index is 0.408. The van der Waals surface area contributed by atoms with E-state index in [0.717, 1.165) is 33.3 Å². The maximum Gasteiger partial charge on any atom is 0.137 e. The fourth-order valence-corrected chi connectivity index (χ4v) is 6.49. The van der Waals surface area contributed by atoms with E-state index in [4.69, 9.17) is 4.42 Å². The zero-order valence-corrected chi connectivity index (χ0v) is 21.3. The number of furan rings is 1. The van der Waals surface area contributed by atoms with Gasteiger partial charge in [0.25, 0.3) is 0 Å². The molecule has 0 saturated carbocycles. The fourth-order valence-electron chi connectivity index (χ4n) is 6.49. The number of nitrogens with one attached hydrogen (secondary N) is 1. The summed E-state index contributed by atoms with van der Waals surface area (Å²) in [5.74, 6) is 0. The van der Waals surface area contributed by atoms with Crippen LogP contribution >= 0.6 is 0 Å². The molecule has 0 unspecified atom stereocenters. The predicted molar refractivity (Wildman–Crippen MR) is 161 cm³/mol. The molecule has 39 heavy (non-hydrogen) atoms. The Morgan fingerprint density at radius 2 is 1.03 bits per heavy atom. The molecule has 0 spiro atoms. The summed E-state index contributed by atoms with van der Waals surface area (Å²) in [5, 5.41) is 5.95. The molecular formula is C37H25NO. The van der Waals surface area contributed by atoms with E-state index in [-0.39, 0.29) is 0 Å². The maximum atomic E-state index is 6.16. The Balaban J connectivity index is 1.31. The summed E-state index contributed by atoms with van der Waals surface area (Å²) in [6, 6.07) is 52.0. The lowest BCUT2D eigenvalue weighted by Crippen LogP contribution is -2.28. The molecule has 6 aromatic carbocycles. The summed E-state index contributed by atoms with van der Waals surface area (Å²) in [5.41, 5.74) is 11.1. The minimum Gasteiger partial charge on any atom is -0.456 e. The van der Waals surface area contributed by atoms with Crippen LogP contribution in [0.2, 0.25) is 0 Å². The molecule has 1 aliphatic carbocycles. The number of hydrogen-bond acceptors (Lipinski definition) is 2.